The van der Waals surface area contributed by atoms with Crippen LogP contribution in [-0.2, 0) is 4.79 Å². The van der Waals surface area contributed by atoms with Gasteiger partial charge >= 0.3 is 6.03 Å². The summed E-state index contributed by atoms with van der Waals surface area (Å²) in [5.74, 6) is -2.14. The average Bonchev–Trinajstić information content (AvgIpc) is 3.03. The van der Waals surface area contributed by atoms with Crippen LogP contribution in [0.25, 0.3) is 0 Å². The number of hydrogen-bond donors (Lipinski definition) is 2. The number of carbonyl (C=O) groups is 2. The Morgan fingerprint density at radius 2 is 2.09 bits per heavy atom. The third-order valence-electron chi connectivity index (χ3n) is 4.13. The molecule has 0 aliphatic carbocycles. The van der Waals surface area contributed by atoms with Crippen LogP contribution < -0.4 is 10.6 Å². The molecule has 2 N–H and O–H groups in total. The summed E-state index contributed by atoms with van der Waals surface area (Å²) >= 11 is 0. The molecular formula is C16H21F2N3O2. The van der Waals surface area contributed by atoms with E-state index < -0.39 is 17.7 Å². The van der Waals surface area contributed by atoms with Gasteiger partial charge in [-0.15, -0.1) is 0 Å². The van der Waals surface area contributed by atoms with Crippen molar-refractivity contribution in [3.8, 4) is 0 Å². The second-order valence-electron chi connectivity index (χ2n) is 5.73. The van der Waals surface area contributed by atoms with Crippen LogP contribution in [0.2, 0.25) is 0 Å². The molecule has 0 saturated carbocycles. The molecule has 3 amide bonds. The first-order valence-electron chi connectivity index (χ1n) is 7.65. The van der Waals surface area contributed by atoms with E-state index in [1.54, 1.807) is 7.05 Å². The molecule has 23 heavy (non-hydrogen) atoms. The Morgan fingerprint density at radius 3 is 2.74 bits per heavy atom. The van der Waals surface area contributed by atoms with Gasteiger partial charge in [0.25, 0.3) is 0 Å². The van der Waals surface area contributed by atoms with Crippen molar-refractivity contribution >= 4 is 11.9 Å². The van der Waals surface area contributed by atoms with E-state index in [-0.39, 0.29) is 24.4 Å². The predicted molar refractivity (Wildman–Crippen MR) is 82.0 cm³/mol. The lowest BCUT2D eigenvalue weighted by Crippen LogP contribution is -2.49. The smallest absolute Gasteiger partial charge is 0.318 e. The summed E-state index contributed by atoms with van der Waals surface area (Å²) in [6.45, 7) is 2.62. The van der Waals surface area contributed by atoms with Crippen LogP contribution in [0.4, 0.5) is 13.6 Å². The molecule has 1 aliphatic rings. The molecule has 0 unspecified atom stereocenters. The minimum atomic E-state index is -0.903. The molecule has 2 atom stereocenters. The standard InChI is InChI=1S/C16H21F2N3O2/c1-10(11-5-6-12(17)13(18)8-11)9-20-16(23)21-7-3-4-14(21)15(22)19-2/h5-6,8,10,14H,3-4,7,9H2,1-2H3,(H,19,22)(H,20,23)/t10-,14-/m0/s1. The molecule has 1 aromatic carbocycles. The maximum absolute atomic E-state index is 13.2. The number of nitrogens with zero attached hydrogens (tertiary/aromatic N) is 1. The third kappa shape index (κ3) is 3.97. The van der Waals surface area contributed by atoms with Crippen molar-refractivity contribution in [2.75, 3.05) is 20.1 Å². The summed E-state index contributed by atoms with van der Waals surface area (Å²) in [7, 11) is 1.54. The molecule has 5 nitrogen and oxygen atoms in total. The summed E-state index contributed by atoms with van der Waals surface area (Å²) in [6, 6.07) is 2.95. The number of urea groups is 1. The Morgan fingerprint density at radius 1 is 1.35 bits per heavy atom. The minimum absolute atomic E-state index is 0.171. The molecule has 0 radical (unpaired) electrons. The second kappa shape index (κ2) is 7.39. The largest absolute Gasteiger partial charge is 0.357 e. The van der Waals surface area contributed by atoms with Crippen LogP contribution in [0.5, 0.6) is 0 Å². The maximum Gasteiger partial charge on any atom is 0.318 e. The van der Waals surface area contributed by atoms with Gasteiger partial charge in [0.15, 0.2) is 11.6 Å². The number of amides is 3. The van der Waals surface area contributed by atoms with Gasteiger partial charge in [-0.2, -0.15) is 0 Å². The molecule has 126 valence electrons. The van der Waals surface area contributed by atoms with Crippen molar-refractivity contribution in [3.05, 3.63) is 35.4 Å². The summed E-state index contributed by atoms with van der Waals surface area (Å²) < 4.78 is 26.2. The fraction of sp³-hybridized carbons (Fsp3) is 0.500. The topological polar surface area (TPSA) is 61.4 Å². The van der Waals surface area contributed by atoms with Crippen molar-refractivity contribution in [2.24, 2.45) is 0 Å². The quantitative estimate of drug-likeness (QED) is 0.889. The van der Waals surface area contributed by atoms with Crippen molar-refractivity contribution < 1.29 is 18.4 Å². The SMILES string of the molecule is CNC(=O)[C@@H]1CCCN1C(=O)NC[C@H](C)c1ccc(F)c(F)c1. The number of likely N-dealkylation sites (tertiary alicyclic amines) is 1. The Kier molecular flexibility index (Phi) is 5.52. The normalized spacial score (nSPS) is 18.6. The lowest BCUT2D eigenvalue weighted by Gasteiger charge is -2.24. The van der Waals surface area contributed by atoms with Gasteiger partial charge in [-0.25, -0.2) is 13.6 Å². The monoisotopic (exact) mass is 325 g/mol. The van der Waals surface area contributed by atoms with Gasteiger partial charge in [-0.3, -0.25) is 4.79 Å². The first kappa shape index (κ1) is 17.2. The molecule has 0 bridgehead atoms. The molecule has 1 aliphatic heterocycles. The van der Waals surface area contributed by atoms with Gasteiger partial charge < -0.3 is 15.5 Å². The van der Waals surface area contributed by atoms with Crippen molar-refractivity contribution in [3.63, 3.8) is 0 Å². The molecule has 2 rings (SSSR count). The van der Waals surface area contributed by atoms with Crippen LogP contribution in [0.3, 0.4) is 0 Å². The number of benzene rings is 1. The fourth-order valence-corrected chi connectivity index (χ4v) is 2.73. The van der Waals surface area contributed by atoms with E-state index in [0.29, 0.717) is 18.5 Å². The Hall–Kier alpha value is -2.18. The fourth-order valence-electron chi connectivity index (χ4n) is 2.73. The van der Waals surface area contributed by atoms with Gasteiger partial charge in [0.05, 0.1) is 0 Å². The van der Waals surface area contributed by atoms with Gasteiger partial charge in [0.1, 0.15) is 6.04 Å². The first-order valence-corrected chi connectivity index (χ1v) is 7.65. The van der Waals surface area contributed by atoms with Crippen LogP contribution in [0.15, 0.2) is 18.2 Å². The molecule has 1 aromatic rings. The zero-order valence-corrected chi connectivity index (χ0v) is 13.2. The van der Waals surface area contributed by atoms with Crippen molar-refractivity contribution in [1.29, 1.82) is 0 Å². The highest BCUT2D eigenvalue weighted by atomic mass is 19.2. The summed E-state index contributed by atoms with van der Waals surface area (Å²) in [6.07, 6.45) is 1.43. The zero-order valence-electron chi connectivity index (χ0n) is 13.2. The number of rotatable bonds is 4. The first-order chi connectivity index (χ1) is 10.9. The second-order valence-corrected chi connectivity index (χ2v) is 5.73. The van der Waals surface area contributed by atoms with E-state index in [9.17, 15) is 18.4 Å². The summed E-state index contributed by atoms with van der Waals surface area (Å²) in [4.78, 5) is 25.5. The van der Waals surface area contributed by atoms with E-state index in [1.807, 2.05) is 6.92 Å². The lowest BCUT2D eigenvalue weighted by molar-refractivity contribution is -0.124. The van der Waals surface area contributed by atoms with Gasteiger partial charge in [-0.1, -0.05) is 13.0 Å². The number of nitrogens with one attached hydrogen (secondary N) is 2. The van der Waals surface area contributed by atoms with Gasteiger partial charge in [-0.05, 0) is 36.5 Å². The molecule has 0 aromatic heterocycles. The number of halogens is 2. The minimum Gasteiger partial charge on any atom is -0.357 e. The predicted octanol–water partition coefficient (Wildman–Crippen LogP) is 1.99. The van der Waals surface area contributed by atoms with Crippen LogP contribution in [0.1, 0.15) is 31.2 Å². The highest BCUT2D eigenvalue weighted by Gasteiger charge is 2.33. The Labute approximate surface area is 134 Å². The average molecular weight is 325 g/mol. The van der Waals surface area contributed by atoms with E-state index in [1.165, 1.54) is 11.0 Å². The van der Waals surface area contributed by atoms with E-state index in [0.717, 1.165) is 18.6 Å². The summed E-state index contributed by atoms with van der Waals surface area (Å²) in [5.41, 5.74) is 0.605. The molecule has 7 heteroatoms. The summed E-state index contributed by atoms with van der Waals surface area (Å²) in [5, 5.41) is 5.31. The zero-order chi connectivity index (χ0) is 17.0. The van der Waals surface area contributed by atoms with Crippen molar-refractivity contribution in [2.45, 2.75) is 31.7 Å². The Bertz CT molecular complexity index is 595. The molecule has 1 saturated heterocycles. The van der Waals surface area contributed by atoms with Crippen LogP contribution in [0, 0.1) is 11.6 Å². The molecule has 1 heterocycles. The van der Waals surface area contributed by atoms with E-state index in [2.05, 4.69) is 10.6 Å². The number of carbonyl (C=O) groups excluding carboxylic acids is 2. The molecule has 1 fully saturated rings. The highest BCUT2D eigenvalue weighted by molar-refractivity contribution is 5.87. The third-order valence-corrected chi connectivity index (χ3v) is 4.13. The maximum atomic E-state index is 13.2. The molecule has 0 spiro atoms. The lowest BCUT2D eigenvalue weighted by atomic mass is 10.0. The number of hydrogen-bond acceptors (Lipinski definition) is 2. The Balaban J connectivity index is 1.93. The van der Waals surface area contributed by atoms with E-state index >= 15 is 0 Å². The van der Waals surface area contributed by atoms with Crippen LogP contribution in [-0.4, -0.2) is 43.0 Å². The number of likely N-dealkylation sites (N-methyl/N-ethyl adjacent to an activating group) is 1. The van der Waals surface area contributed by atoms with Gasteiger partial charge in [0.2, 0.25) is 5.91 Å². The highest BCUT2D eigenvalue weighted by Crippen LogP contribution is 2.19. The molecular weight excluding hydrogens is 304 g/mol. The van der Waals surface area contributed by atoms with Crippen molar-refractivity contribution in [1.82, 2.24) is 15.5 Å². The van der Waals surface area contributed by atoms with Gasteiger partial charge in [0, 0.05) is 20.1 Å². The van der Waals surface area contributed by atoms with Crippen LogP contribution >= 0.6 is 0 Å². The van der Waals surface area contributed by atoms with E-state index in [4.69, 9.17) is 0 Å².